The second-order valence-electron chi connectivity index (χ2n) is 11.6. The topological polar surface area (TPSA) is 67.7 Å². The first-order valence-electron chi connectivity index (χ1n) is 15.8. The summed E-state index contributed by atoms with van der Waals surface area (Å²) in [5, 5.41) is 0. The van der Waals surface area contributed by atoms with Crippen LogP contribution >= 0.6 is 0 Å². The van der Waals surface area contributed by atoms with Crippen LogP contribution in [0.2, 0.25) is 0 Å². The second-order valence-corrected chi connectivity index (χ2v) is 11.6. The van der Waals surface area contributed by atoms with Gasteiger partial charge in [-0.1, -0.05) is 66.7 Å². The van der Waals surface area contributed by atoms with Crippen LogP contribution in [-0.2, 0) is 13.1 Å². The monoisotopic (exact) mass is 624 g/mol. The normalized spacial score (nSPS) is 10.8. The first kappa shape index (κ1) is 30.3. The molecule has 7 aromatic rings. The Kier molecular flexibility index (Phi) is 8.78. The van der Waals surface area contributed by atoms with E-state index in [9.17, 15) is 9.59 Å². The molecule has 4 aromatic heterocycles. The quantitative estimate of drug-likeness (QED) is 0.122. The van der Waals surface area contributed by atoms with Gasteiger partial charge < -0.3 is 0 Å². The Morgan fingerprint density at radius 3 is 1.15 bits per heavy atom. The Balaban J connectivity index is 0.979. The third-order valence-electron chi connectivity index (χ3n) is 8.36. The summed E-state index contributed by atoms with van der Waals surface area (Å²) in [6.07, 6.45) is 15.4. The summed E-state index contributed by atoms with van der Waals surface area (Å²) in [7, 11) is 0. The molecule has 0 aliphatic heterocycles. The summed E-state index contributed by atoms with van der Waals surface area (Å²) in [6, 6.07) is 38.6. The first-order valence-corrected chi connectivity index (χ1v) is 15.8. The maximum absolute atomic E-state index is 13.4. The van der Waals surface area contributed by atoms with Gasteiger partial charge in [-0.15, -0.1) is 0 Å². The van der Waals surface area contributed by atoms with Crippen LogP contribution in [0.15, 0.2) is 171 Å². The van der Waals surface area contributed by atoms with Crippen molar-refractivity contribution in [1.29, 1.82) is 0 Å². The number of pyridine rings is 4. The fourth-order valence-electron chi connectivity index (χ4n) is 5.68. The van der Waals surface area contributed by atoms with Crippen LogP contribution in [0.1, 0.15) is 43.0 Å². The van der Waals surface area contributed by atoms with Crippen molar-refractivity contribution >= 4 is 11.6 Å². The largest absolute Gasteiger partial charge is 0.289 e. The van der Waals surface area contributed by atoms with Crippen molar-refractivity contribution in [3.63, 3.8) is 0 Å². The summed E-state index contributed by atoms with van der Waals surface area (Å²) >= 11 is 0. The highest BCUT2D eigenvalue weighted by Gasteiger charge is 2.15. The number of nitrogens with zero attached hydrogens (tertiary/aromatic N) is 4. The average molecular weight is 625 g/mol. The zero-order valence-corrected chi connectivity index (χ0v) is 26.2. The number of ketones is 2. The SMILES string of the molecule is O=C(c1ccc(C[n+]2ccc(-c3ccncc3)cc2)cc1)c1cccc(C(=O)c2ccc(C[n+]3ccc(-c4ccncc4)cc3)cc2)c1. The number of carbonyl (C=O) groups excluding carboxylic acids is 2. The summed E-state index contributed by atoms with van der Waals surface area (Å²) in [6.45, 7) is 1.37. The molecule has 4 heterocycles. The Hall–Kier alpha value is -6.40. The Morgan fingerprint density at radius 1 is 0.417 bits per heavy atom. The van der Waals surface area contributed by atoms with Crippen LogP contribution in [0.4, 0.5) is 0 Å². The van der Waals surface area contributed by atoms with E-state index >= 15 is 0 Å². The molecule has 3 aromatic carbocycles. The van der Waals surface area contributed by atoms with Crippen LogP contribution in [0.3, 0.4) is 0 Å². The van der Waals surface area contributed by atoms with Gasteiger partial charge >= 0.3 is 0 Å². The predicted molar refractivity (Wildman–Crippen MR) is 184 cm³/mol. The molecule has 0 aliphatic carbocycles. The molecule has 6 nitrogen and oxygen atoms in total. The standard InChI is InChI=1S/C42H32N4O2/c47-41(37-8-4-31(5-9-37)29-45-24-16-35(17-25-45)33-12-20-43-21-13-33)39-2-1-3-40(28-39)42(48)38-10-6-32(7-11-38)30-46-26-18-36(19-27-46)34-14-22-44-23-15-34/h1-28H,29-30H2/q+2. The van der Waals surface area contributed by atoms with Crippen molar-refractivity contribution in [1.82, 2.24) is 9.97 Å². The molecule has 6 heteroatoms. The highest BCUT2D eigenvalue weighted by Crippen LogP contribution is 2.19. The maximum Gasteiger partial charge on any atom is 0.193 e. The Bertz CT molecular complexity index is 2010. The molecule has 0 amide bonds. The van der Waals surface area contributed by atoms with E-state index in [-0.39, 0.29) is 11.6 Å². The molecule has 0 spiro atoms. The molecule has 230 valence electrons. The molecule has 0 radical (unpaired) electrons. The van der Waals surface area contributed by atoms with E-state index in [0.717, 1.165) is 33.4 Å². The third-order valence-corrected chi connectivity index (χ3v) is 8.36. The summed E-state index contributed by atoms with van der Waals surface area (Å²) in [4.78, 5) is 35.0. The van der Waals surface area contributed by atoms with Crippen molar-refractivity contribution < 1.29 is 18.7 Å². The Labute approximate surface area is 279 Å². The van der Waals surface area contributed by atoms with Gasteiger partial charge in [-0.2, -0.15) is 0 Å². The van der Waals surface area contributed by atoms with Gasteiger partial charge in [0.15, 0.2) is 49.4 Å². The lowest BCUT2D eigenvalue weighted by molar-refractivity contribution is -0.688. The van der Waals surface area contributed by atoms with E-state index in [1.807, 2.05) is 97.6 Å². The molecule has 0 bridgehead atoms. The fraction of sp³-hybridized carbons (Fsp3) is 0.0476. The minimum atomic E-state index is -0.118. The average Bonchev–Trinajstić information content (AvgIpc) is 3.16. The Morgan fingerprint density at radius 2 is 0.771 bits per heavy atom. The molecule has 48 heavy (non-hydrogen) atoms. The lowest BCUT2D eigenvalue weighted by Gasteiger charge is -2.07. The molecule has 0 atom stereocenters. The molecular formula is C42H32N4O2+2. The zero-order chi connectivity index (χ0) is 32.7. The van der Waals surface area contributed by atoms with E-state index < -0.39 is 0 Å². The van der Waals surface area contributed by atoms with E-state index in [2.05, 4.69) is 43.4 Å². The van der Waals surface area contributed by atoms with Gasteiger partial charge in [0.25, 0.3) is 0 Å². The highest BCUT2D eigenvalue weighted by molar-refractivity contribution is 6.13. The lowest BCUT2D eigenvalue weighted by atomic mass is 9.96. The van der Waals surface area contributed by atoms with Gasteiger partial charge in [0.2, 0.25) is 0 Å². The van der Waals surface area contributed by atoms with Crippen LogP contribution in [0.5, 0.6) is 0 Å². The molecule has 0 N–H and O–H groups in total. The van der Waals surface area contributed by atoms with Crippen molar-refractivity contribution in [3.05, 3.63) is 204 Å². The molecule has 0 saturated carbocycles. The van der Waals surface area contributed by atoms with E-state index in [1.54, 1.807) is 49.1 Å². The number of aromatic nitrogens is 4. The first-order chi connectivity index (χ1) is 23.6. The van der Waals surface area contributed by atoms with E-state index in [0.29, 0.717) is 35.3 Å². The van der Waals surface area contributed by atoms with Gasteiger partial charge in [-0.25, -0.2) is 9.13 Å². The third kappa shape index (κ3) is 7.03. The molecular weight excluding hydrogens is 592 g/mol. The van der Waals surface area contributed by atoms with Crippen molar-refractivity contribution in [2.45, 2.75) is 13.1 Å². The minimum absolute atomic E-state index is 0.118. The van der Waals surface area contributed by atoms with Crippen LogP contribution in [0.25, 0.3) is 22.3 Å². The molecule has 0 fully saturated rings. The molecule has 0 saturated heterocycles. The van der Waals surface area contributed by atoms with Crippen molar-refractivity contribution in [3.8, 4) is 22.3 Å². The number of hydrogen-bond donors (Lipinski definition) is 0. The summed E-state index contributed by atoms with van der Waals surface area (Å²) in [5.41, 5.74) is 8.81. The lowest BCUT2D eigenvalue weighted by Crippen LogP contribution is -2.33. The number of carbonyl (C=O) groups is 2. The van der Waals surface area contributed by atoms with Gasteiger partial charge in [-0.3, -0.25) is 19.6 Å². The molecule has 0 aliphatic rings. The van der Waals surface area contributed by atoms with Gasteiger partial charge in [-0.05, 0) is 52.6 Å². The van der Waals surface area contributed by atoms with E-state index in [4.69, 9.17) is 0 Å². The van der Waals surface area contributed by atoms with Gasteiger partial charge in [0, 0.05) is 82.4 Å². The number of hydrogen-bond acceptors (Lipinski definition) is 4. The van der Waals surface area contributed by atoms with Crippen molar-refractivity contribution in [2.75, 3.05) is 0 Å². The van der Waals surface area contributed by atoms with Gasteiger partial charge in [0.05, 0.1) is 0 Å². The number of benzene rings is 3. The zero-order valence-electron chi connectivity index (χ0n) is 26.2. The minimum Gasteiger partial charge on any atom is -0.289 e. The fourth-order valence-corrected chi connectivity index (χ4v) is 5.68. The highest BCUT2D eigenvalue weighted by atomic mass is 16.1. The molecule has 0 unspecified atom stereocenters. The second kappa shape index (κ2) is 13.9. The smallest absolute Gasteiger partial charge is 0.193 e. The van der Waals surface area contributed by atoms with Crippen molar-refractivity contribution in [2.24, 2.45) is 0 Å². The van der Waals surface area contributed by atoms with Crippen LogP contribution in [0, 0.1) is 0 Å². The van der Waals surface area contributed by atoms with Gasteiger partial charge in [0.1, 0.15) is 0 Å². The van der Waals surface area contributed by atoms with E-state index in [1.165, 1.54) is 0 Å². The maximum atomic E-state index is 13.4. The summed E-state index contributed by atoms with van der Waals surface area (Å²) in [5.74, 6) is -0.235. The van der Waals surface area contributed by atoms with Crippen LogP contribution < -0.4 is 9.13 Å². The number of rotatable bonds is 10. The molecule has 7 rings (SSSR count). The predicted octanol–water partition coefficient (Wildman–Crippen LogP) is 6.94. The summed E-state index contributed by atoms with van der Waals surface area (Å²) < 4.78 is 4.20. The van der Waals surface area contributed by atoms with Crippen LogP contribution in [-0.4, -0.2) is 21.5 Å².